The second-order valence-electron chi connectivity index (χ2n) is 5.16. The van der Waals surface area contributed by atoms with Crippen LogP contribution in [0.4, 0.5) is 0 Å². The summed E-state index contributed by atoms with van der Waals surface area (Å²) in [6, 6.07) is 5.70. The predicted octanol–water partition coefficient (Wildman–Crippen LogP) is 2.72. The van der Waals surface area contributed by atoms with Gasteiger partial charge in [-0.05, 0) is 63.9 Å². The summed E-state index contributed by atoms with van der Waals surface area (Å²) in [6.07, 6.45) is 2.19. The van der Waals surface area contributed by atoms with Crippen molar-refractivity contribution < 1.29 is 9.53 Å². The third kappa shape index (κ3) is 2.91. The van der Waals surface area contributed by atoms with Gasteiger partial charge < -0.3 is 10.1 Å². The molecule has 1 N–H and O–H groups in total. The molecule has 1 aromatic rings. The number of hydrogen-bond acceptors (Lipinski definition) is 3. The number of carbonyl (C=O) groups excluding carboxylic acids is 1. The lowest BCUT2D eigenvalue weighted by Crippen LogP contribution is -2.30. The van der Waals surface area contributed by atoms with Crippen molar-refractivity contribution in [1.82, 2.24) is 5.32 Å². The molecule has 0 aromatic heterocycles. The molecule has 1 fully saturated rings. The van der Waals surface area contributed by atoms with Crippen molar-refractivity contribution in [2.24, 2.45) is 0 Å². The quantitative estimate of drug-likeness (QED) is 0.831. The highest BCUT2D eigenvalue weighted by atomic mass is 16.5. The van der Waals surface area contributed by atoms with Gasteiger partial charge in [0.2, 0.25) is 0 Å². The van der Waals surface area contributed by atoms with E-state index in [1.165, 1.54) is 0 Å². The number of ether oxygens (including phenoxy) is 1. The molecule has 0 bridgehead atoms. The van der Waals surface area contributed by atoms with Gasteiger partial charge in [0.1, 0.15) is 5.75 Å². The molecule has 0 spiro atoms. The minimum absolute atomic E-state index is 0.00117. The van der Waals surface area contributed by atoms with E-state index in [1.54, 1.807) is 0 Å². The molecule has 0 aliphatic carbocycles. The van der Waals surface area contributed by atoms with Crippen LogP contribution >= 0.6 is 0 Å². The maximum absolute atomic E-state index is 12.2. The van der Waals surface area contributed by atoms with E-state index in [2.05, 4.69) is 5.32 Å². The third-order valence-corrected chi connectivity index (χ3v) is 3.20. The average Bonchev–Trinajstić information content (AvgIpc) is 2.84. The zero-order valence-corrected chi connectivity index (χ0v) is 11.3. The normalized spacial score (nSPS) is 19.2. The maximum atomic E-state index is 12.2. The largest absolute Gasteiger partial charge is 0.491 e. The van der Waals surface area contributed by atoms with Crippen LogP contribution in [0.5, 0.6) is 5.75 Å². The van der Waals surface area contributed by atoms with E-state index >= 15 is 0 Å². The van der Waals surface area contributed by atoms with E-state index < -0.39 is 0 Å². The second-order valence-corrected chi connectivity index (χ2v) is 5.16. The summed E-state index contributed by atoms with van der Waals surface area (Å²) < 4.78 is 5.68. The number of carbonyl (C=O) groups is 1. The Morgan fingerprint density at radius 3 is 2.78 bits per heavy atom. The summed E-state index contributed by atoms with van der Waals surface area (Å²) >= 11 is 0. The van der Waals surface area contributed by atoms with Gasteiger partial charge in [-0.2, -0.15) is 0 Å². The molecule has 1 aliphatic heterocycles. The van der Waals surface area contributed by atoms with Crippen molar-refractivity contribution in [1.29, 1.82) is 0 Å². The summed E-state index contributed by atoms with van der Waals surface area (Å²) in [6.45, 7) is 6.93. The summed E-state index contributed by atoms with van der Waals surface area (Å²) in [5.41, 5.74) is 1.80. The summed E-state index contributed by atoms with van der Waals surface area (Å²) in [5, 5.41) is 3.24. The summed E-state index contributed by atoms with van der Waals surface area (Å²) in [4.78, 5) is 12.2. The number of nitrogens with one attached hydrogen (secondary N) is 1. The Bertz CT molecular complexity index is 434. The van der Waals surface area contributed by atoms with Crippen LogP contribution in [0, 0.1) is 6.92 Å². The first-order valence-corrected chi connectivity index (χ1v) is 6.63. The van der Waals surface area contributed by atoms with Gasteiger partial charge in [-0.3, -0.25) is 4.79 Å². The van der Waals surface area contributed by atoms with Gasteiger partial charge in [-0.15, -0.1) is 0 Å². The number of hydrogen-bond donors (Lipinski definition) is 1. The Morgan fingerprint density at radius 1 is 1.44 bits per heavy atom. The Hall–Kier alpha value is -1.35. The fraction of sp³-hybridized carbons (Fsp3) is 0.533. The predicted molar refractivity (Wildman–Crippen MR) is 72.3 cm³/mol. The molecule has 1 atom stereocenters. The summed E-state index contributed by atoms with van der Waals surface area (Å²) in [5.74, 6) is 1.06. The highest BCUT2D eigenvalue weighted by Gasteiger charge is 2.23. The number of Topliss-reactive ketones (excluding diaryl/α,β-unsaturated/α-hetero) is 1. The van der Waals surface area contributed by atoms with Crippen LogP contribution in [0.1, 0.15) is 42.6 Å². The standard InChI is InChI=1S/C15H21NO2/c1-10(2)18-14-7-6-12(9-11(14)3)15(17)13-5-4-8-16-13/h6-7,9-10,13,16H,4-5,8H2,1-3H3. The molecule has 18 heavy (non-hydrogen) atoms. The van der Waals surface area contributed by atoms with E-state index in [1.807, 2.05) is 39.0 Å². The first-order chi connectivity index (χ1) is 8.58. The Kier molecular flexibility index (Phi) is 4.02. The molecular weight excluding hydrogens is 226 g/mol. The molecule has 3 heteroatoms. The zero-order valence-electron chi connectivity index (χ0n) is 11.3. The fourth-order valence-corrected chi connectivity index (χ4v) is 2.30. The topological polar surface area (TPSA) is 38.3 Å². The highest BCUT2D eigenvalue weighted by Crippen LogP contribution is 2.22. The van der Waals surface area contributed by atoms with Gasteiger partial charge in [-0.1, -0.05) is 0 Å². The van der Waals surface area contributed by atoms with Gasteiger partial charge in [0, 0.05) is 5.56 Å². The van der Waals surface area contributed by atoms with Gasteiger partial charge in [0.25, 0.3) is 0 Å². The number of aryl methyl sites for hydroxylation is 1. The lowest BCUT2D eigenvalue weighted by molar-refractivity contribution is 0.0952. The molecule has 3 nitrogen and oxygen atoms in total. The molecule has 1 unspecified atom stereocenters. The van der Waals surface area contributed by atoms with Crippen molar-refractivity contribution in [3.8, 4) is 5.75 Å². The van der Waals surface area contributed by atoms with E-state index in [0.717, 1.165) is 36.3 Å². The molecule has 1 heterocycles. The zero-order chi connectivity index (χ0) is 13.1. The van der Waals surface area contributed by atoms with Crippen molar-refractivity contribution in [2.45, 2.75) is 45.8 Å². The Labute approximate surface area is 109 Å². The second kappa shape index (κ2) is 5.53. The molecule has 98 valence electrons. The van der Waals surface area contributed by atoms with Crippen molar-refractivity contribution in [3.05, 3.63) is 29.3 Å². The Morgan fingerprint density at radius 2 is 2.22 bits per heavy atom. The van der Waals surface area contributed by atoms with E-state index in [9.17, 15) is 4.79 Å². The van der Waals surface area contributed by atoms with E-state index in [-0.39, 0.29) is 17.9 Å². The maximum Gasteiger partial charge on any atom is 0.179 e. The summed E-state index contributed by atoms with van der Waals surface area (Å²) in [7, 11) is 0. The SMILES string of the molecule is Cc1cc(C(=O)C2CCCN2)ccc1OC(C)C. The Balaban J connectivity index is 2.15. The number of benzene rings is 1. The molecular formula is C15H21NO2. The van der Waals surface area contributed by atoms with Crippen LogP contribution in [0.15, 0.2) is 18.2 Å². The average molecular weight is 247 g/mol. The van der Waals surface area contributed by atoms with Gasteiger partial charge in [0.05, 0.1) is 12.1 Å². The monoisotopic (exact) mass is 247 g/mol. The smallest absolute Gasteiger partial charge is 0.179 e. The number of rotatable bonds is 4. The van der Waals surface area contributed by atoms with Gasteiger partial charge >= 0.3 is 0 Å². The molecule has 0 saturated carbocycles. The van der Waals surface area contributed by atoms with Crippen LogP contribution < -0.4 is 10.1 Å². The van der Waals surface area contributed by atoms with Crippen molar-refractivity contribution >= 4 is 5.78 Å². The van der Waals surface area contributed by atoms with Gasteiger partial charge in [0.15, 0.2) is 5.78 Å². The first-order valence-electron chi connectivity index (χ1n) is 6.63. The minimum Gasteiger partial charge on any atom is -0.491 e. The minimum atomic E-state index is 0.00117. The fourth-order valence-electron chi connectivity index (χ4n) is 2.30. The lowest BCUT2D eigenvalue weighted by Gasteiger charge is -2.14. The first kappa shape index (κ1) is 13.1. The van der Waals surface area contributed by atoms with Gasteiger partial charge in [-0.25, -0.2) is 0 Å². The van der Waals surface area contributed by atoms with Crippen molar-refractivity contribution in [2.75, 3.05) is 6.54 Å². The van der Waals surface area contributed by atoms with Crippen LogP contribution in [0.3, 0.4) is 0 Å². The molecule has 0 radical (unpaired) electrons. The third-order valence-electron chi connectivity index (χ3n) is 3.20. The molecule has 1 aromatic carbocycles. The van der Waals surface area contributed by atoms with Crippen LogP contribution in [0.25, 0.3) is 0 Å². The van der Waals surface area contributed by atoms with Crippen LogP contribution in [0.2, 0.25) is 0 Å². The lowest BCUT2D eigenvalue weighted by atomic mass is 10.0. The van der Waals surface area contributed by atoms with E-state index in [4.69, 9.17) is 4.74 Å². The van der Waals surface area contributed by atoms with Crippen LogP contribution in [-0.4, -0.2) is 24.5 Å². The number of ketones is 1. The molecule has 1 saturated heterocycles. The molecule has 2 rings (SSSR count). The molecule has 0 amide bonds. The van der Waals surface area contributed by atoms with Crippen LogP contribution in [-0.2, 0) is 0 Å². The highest BCUT2D eigenvalue weighted by molar-refractivity contribution is 6.00. The van der Waals surface area contributed by atoms with E-state index in [0.29, 0.717) is 0 Å². The van der Waals surface area contributed by atoms with Crippen molar-refractivity contribution in [3.63, 3.8) is 0 Å². The molecule has 1 aliphatic rings.